The fourth-order valence-corrected chi connectivity index (χ4v) is 3.58. The zero-order chi connectivity index (χ0) is 18.0. The van der Waals surface area contributed by atoms with E-state index in [4.69, 9.17) is 0 Å². The van der Waals surface area contributed by atoms with Crippen LogP contribution in [0.25, 0.3) is 0 Å². The number of nitrogens with one attached hydrogen (secondary N) is 2. The van der Waals surface area contributed by atoms with Crippen LogP contribution in [0.2, 0.25) is 0 Å². The molecule has 0 heterocycles. The molecule has 0 bridgehead atoms. The smallest absolute Gasteiger partial charge is 0.261 e. The van der Waals surface area contributed by atoms with E-state index in [0.717, 1.165) is 18.4 Å². The molecule has 0 unspecified atom stereocenters. The molecule has 132 valence electrons. The highest BCUT2D eigenvalue weighted by Crippen LogP contribution is 2.24. The van der Waals surface area contributed by atoms with Crippen molar-refractivity contribution in [3.63, 3.8) is 0 Å². The van der Waals surface area contributed by atoms with E-state index in [9.17, 15) is 13.2 Å². The van der Waals surface area contributed by atoms with Gasteiger partial charge in [0.15, 0.2) is 0 Å². The number of carbonyl (C=O) groups is 1. The summed E-state index contributed by atoms with van der Waals surface area (Å²) in [5.74, 6) is 0.0764. The van der Waals surface area contributed by atoms with Crippen LogP contribution in [-0.2, 0) is 10.0 Å². The SMILES string of the molecule is CC(C)c1ccc(S(=O)(=O)Nc2ccccc2C(=O)NC2CC2)cc1. The van der Waals surface area contributed by atoms with Crippen LogP contribution in [0.5, 0.6) is 0 Å². The Hall–Kier alpha value is -2.34. The number of amides is 1. The van der Waals surface area contributed by atoms with Crippen molar-refractivity contribution in [3.05, 3.63) is 59.7 Å². The lowest BCUT2D eigenvalue weighted by molar-refractivity contribution is 0.0952. The lowest BCUT2D eigenvalue weighted by Gasteiger charge is -2.13. The molecule has 1 aliphatic rings. The van der Waals surface area contributed by atoms with Crippen molar-refractivity contribution >= 4 is 21.6 Å². The van der Waals surface area contributed by atoms with E-state index in [2.05, 4.69) is 23.9 Å². The molecule has 1 saturated carbocycles. The summed E-state index contributed by atoms with van der Waals surface area (Å²) in [7, 11) is -3.75. The Morgan fingerprint density at radius 2 is 1.68 bits per heavy atom. The maximum Gasteiger partial charge on any atom is 0.261 e. The highest BCUT2D eigenvalue weighted by Gasteiger charge is 2.25. The standard InChI is InChI=1S/C19H22N2O3S/c1-13(2)14-7-11-16(12-8-14)25(23,24)21-18-6-4-3-5-17(18)19(22)20-15-9-10-15/h3-8,11-13,15,21H,9-10H2,1-2H3,(H,20,22). The molecule has 0 aliphatic heterocycles. The Morgan fingerprint density at radius 1 is 1.04 bits per heavy atom. The van der Waals surface area contributed by atoms with Gasteiger partial charge < -0.3 is 5.32 Å². The molecule has 25 heavy (non-hydrogen) atoms. The Bertz CT molecular complexity index is 870. The molecule has 2 N–H and O–H groups in total. The average Bonchev–Trinajstić information content (AvgIpc) is 3.39. The van der Waals surface area contributed by atoms with E-state index in [-0.39, 0.29) is 22.5 Å². The maximum absolute atomic E-state index is 12.6. The minimum Gasteiger partial charge on any atom is -0.349 e. The Kier molecular flexibility index (Phi) is 4.81. The molecule has 0 radical (unpaired) electrons. The lowest BCUT2D eigenvalue weighted by atomic mass is 10.0. The highest BCUT2D eigenvalue weighted by atomic mass is 32.2. The maximum atomic E-state index is 12.6. The van der Waals surface area contributed by atoms with E-state index in [1.165, 1.54) is 0 Å². The van der Waals surface area contributed by atoms with Crippen molar-refractivity contribution < 1.29 is 13.2 Å². The van der Waals surface area contributed by atoms with E-state index in [0.29, 0.717) is 11.5 Å². The molecule has 3 rings (SSSR count). The third-order valence-corrected chi connectivity index (χ3v) is 5.57. The van der Waals surface area contributed by atoms with Crippen molar-refractivity contribution in [1.82, 2.24) is 5.32 Å². The summed E-state index contributed by atoms with van der Waals surface area (Å²) >= 11 is 0. The molecule has 2 aromatic rings. The van der Waals surface area contributed by atoms with Crippen LogP contribution in [-0.4, -0.2) is 20.4 Å². The normalized spacial score (nSPS) is 14.4. The van der Waals surface area contributed by atoms with Crippen molar-refractivity contribution in [3.8, 4) is 0 Å². The first-order valence-electron chi connectivity index (χ1n) is 8.39. The molecule has 6 heteroatoms. The largest absolute Gasteiger partial charge is 0.349 e. The molecule has 5 nitrogen and oxygen atoms in total. The van der Waals surface area contributed by atoms with Crippen LogP contribution in [0.1, 0.15) is 48.5 Å². The first kappa shape index (κ1) is 17.5. The van der Waals surface area contributed by atoms with E-state index in [1.54, 1.807) is 36.4 Å². The van der Waals surface area contributed by atoms with Gasteiger partial charge in [-0.1, -0.05) is 38.1 Å². The number of rotatable bonds is 6. The number of sulfonamides is 1. The van der Waals surface area contributed by atoms with Gasteiger partial charge >= 0.3 is 0 Å². The molecule has 0 aromatic heterocycles. The van der Waals surface area contributed by atoms with Crippen molar-refractivity contribution in [2.75, 3.05) is 4.72 Å². The second-order valence-electron chi connectivity index (χ2n) is 6.62. The number of hydrogen-bond acceptors (Lipinski definition) is 3. The summed E-state index contributed by atoms with van der Waals surface area (Å²) < 4.78 is 27.8. The Morgan fingerprint density at radius 3 is 2.28 bits per heavy atom. The summed E-state index contributed by atoms with van der Waals surface area (Å²) in [4.78, 5) is 12.5. The van der Waals surface area contributed by atoms with Crippen LogP contribution in [0.3, 0.4) is 0 Å². The van der Waals surface area contributed by atoms with Gasteiger partial charge in [0.1, 0.15) is 0 Å². The van der Waals surface area contributed by atoms with E-state index in [1.807, 2.05) is 12.1 Å². The molecule has 1 aliphatic carbocycles. The minimum atomic E-state index is -3.75. The zero-order valence-corrected chi connectivity index (χ0v) is 15.1. The average molecular weight is 358 g/mol. The van der Waals surface area contributed by atoms with Gasteiger partial charge in [0, 0.05) is 6.04 Å². The minimum absolute atomic E-state index is 0.175. The van der Waals surface area contributed by atoms with Crippen LogP contribution < -0.4 is 10.0 Å². The van der Waals surface area contributed by atoms with E-state index < -0.39 is 10.0 Å². The van der Waals surface area contributed by atoms with Crippen molar-refractivity contribution in [1.29, 1.82) is 0 Å². The lowest BCUT2D eigenvalue weighted by Crippen LogP contribution is -2.27. The van der Waals surface area contributed by atoms with Crippen molar-refractivity contribution in [2.24, 2.45) is 0 Å². The number of carbonyl (C=O) groups excluding carboxylic acids is 1. The topological polar surface area (TPSA) is 75.3 Å². The van der Waals surface area contributed by atoms with Gasteiger partial charge in [-0.25, -0.2) is 8.42 Å². The fourth-order valence-electron chi connectivity index (χ4n) is 2.50. The van der Waals surface area contributed by atoms with Gasteiger partial charge in [0.2, 0.25) is 0 Å². The molecular formula is C19H22N2O3S. The predicted octanol–water partition coefficient (Wildman–Crippen LogP) is 3.50. The summed E-state index contributed by atoms with van der Waals surface area (Å²) in [6.45, 7) is 4.10. The second kappa shape index (κ2) is 6.88. The first-order valence-corrected chi connectivity index (χ1v) is 9.88. The zero-order valence-electron chi connectivity index (χ0n) is 14.3. The molecule has 1 amide bonds. The number of para-hydroxylation sites is 1. The summed E-state index contributed by atoms with van der Waals surface area (Å²) in [6.07, 6.45) is 1.95. The third kappa shape index (κ3) is 4.20. The highest BCUT2D eigenvalue weighted by molar-refractivity contribution is 7.92. The van der Waals surface area contributed by atoms with Crippen LogP contribution in [0.15, 0.2) is 53.4 Å². The molecule has 1 fully saturated rings. The Labute approximate surface area is 148 Å². The molecule has 0 saturated heterocycles. The monoisotopic (exact) mass is 358 g/mol. The summed E-state index contributed by atoms with van der Waals surface area (Å²) in [5.41, 5.74) is 1.69. The number of hydrogen-bond donors (Lipinski definition) is 2. The number of benzene rings is 2. The van der Waals surface area contributed by atoms with Crippen LogP contribution in [0, 0.1) is 0 Å². The molecule has 0 spiro atoms. The van der Waals surface area contributed by atoms with Gasteiger partial charge in [-0.15, -0.1) is 0 Å². The Balaban J connectivity index is 1.84. The quantitative estimate of drug-likeness (QED) is 0.830. The van der Waals surface area contributed by atoms with Gasteiger partial charge in [-0.2, -0.15) is 0 Å². The molecule has 0 atom stereocenters. The molecule has 2 aromatic carbocycles. The second-order valence-corrected chi connectivity index (χ2v) is 8.30. The first-order chi connectivity index (χ1) is 11.9. The van der Waals surface area contributed by atoms with Crippen molar-refractivity contribution in [2.45, 2.75) is 43.5 Å². The summed E-state index contributed by atoms with van der Waals surface area (Å²) in [6, 6.07) is 13.6. The molecular weight excluding hydrogens is 336 g/mol. The van der Waals surface area contributed by atoms with E-state index >= 15 is 0 Å². The third-order valence-electron chi connectivity index (χ3n) is 4.19. The predicted molar refractivity (Wildman–Crippen MR) is 98.3 cm³/mol. The number of anilines is 1. The van der Waals surface area contributed by atoms with Gasteiger partial charge in [0.25, 0.3) is 15.9 Å². The van der Waals surface area contributed by atoms with Crippen LogP contribution in [0.4, 0.5) is 5.69 Å². The summed E-state index contributed by atoms with van der Waals surface area (Å²) in [5, 5.41) is 2.88. The van der Waals surface area contributed by atoms with Gasteiger partial charge in [-0.3, -0.25) is 9.52 Å². The van der Waals surface area contributed by atoms with Crippen LogP contribution >= 0.6 is 0 Å². The fraction of sp³-hybridized carbons (Fsp3) is 0.316. The van der Waals surface area contributed by atoms with Gasteiger partial charge in [-0.05, 0) is 48.6 Å². The van der Waals surface area contributed by atoms with Gasteiger partial charge in [0.05, 0.1) is 16.1 Å².